The predicted octanol–water partition coefficient (Wildman–Crippen LogP) is 2.98. The highest BCUT2D eigenvalue weighted by Crippen LogP contribution is 2.22. The molecule has 0 N–H and O–H groups in total. The van der Waals surface area contributed by atoms with Gasteiger partial charge in [0.25, 0.3) is 0 Å². The molecule has 2 heteroatoms. The van der Waals surface area contributed by atoms with E-state index in [9.17, 15) is 0 Å². The number of hydrogen-bond donors (Lipinski definition) is 0. The molecule has 0 saturated carbocycles. The van der Waals surface area contributed by atoms with Crippen LogP contribution in [0, 0.1) is 0 Å². The Kier molecular flexibility index (Phi) is 3.74. The summed E-state index contributed by atoms with van der Waals surface area (Å²) in [5, 5.41) is 0. The van der Waals surface area contributed by atoms with Crippen molar-refractivity contribution in [2.75, 3.05) is 19.6 Å². The molecule has 1 fully saturated rings. The molecule has 0 atom stereocenters. The van der Waals surface area contributed by atoms with E-state index in [0.717, 1.165) is 0 Å². The van der Waals surface area contributed by atoms with Gasteiger partial charge < -0.3 is 4.90 Å². The minimum Gasteiger partial charge on any atom is -0.301 e. The fourth-order valence-corrected chi connectivity index (χ4v) is 4.91. The van der Waals surface area contributed by atoms with Crippen LogP contribution in [0.1, 0.15) is 13.3 Å². The Morgan fingerprint density at radius 1 is 1.38 bits per heavy atom. The van der Waals surface area contributed by atoms with Crippen LogP contribution in [0.15, 0.2) is 12.2 Å². The molecule has 1 heterocycles. The fraction of sp³-hybridized carbons (Fsp3) is 0.818. The average Bonchev–Trinajstić information content (AvgIpc) is 2.67. The molecular weight excluding hydrogens is 174 g/mol. The molecule has 0 radical (unpaired) electrons. The molecule has 0 bridgehead atoms. The summed E-state index contributed by atoms with van der Waals surface area (Å²) in [7, 11) is -0.932. The van der Waals surface area contributed by atoms with Crippen molar-refractivity contribution in [2.45, 2.75) is 38.5 Å². The molecule has 0 aliphatic carbocycles. The maximum Gasteiger partial charge on any atom is 0.0514 e. The fourth-order valence-electron chi connectivity index (χ4n) is 1.98. The van der Waals surface area contributed by atoms with Gasteiger partial charge in [0.05, 0.1) is 8.07 Å². The van der Waals surface area contributed by atoms with Gasteiger partial charge in [0.2, 0.25) is 0 Å². The number of rotatable bonds is 6. The molecule has 0 amide bonds. The summed E-state index contributed by atoms with van der Waals surface area (Å²) in [5.74, 6) is 0. The quantitative estimate of drug-likeness (QED) is 0.359. The minimum absolute atomic E-state index is 0.932. The first-order valence-electron chi connectivity index (χ1n) is 5.36. The van der Waals surface area contributed by atoms with Gasteiger partial charge in [0.15, 0.2) is 0 Å². The van der Waals surface area contributed by atoms with Crippen molar-refractivity contribution < 1.29 is 0 Å². The maximum atomic E-state index is 4.02. The smallest absolute Gasteiger partial charge is 0.0514 e. The van der Waals surface area contributed by atoms with Crippen molar-refractivity contribution >= 4 is 8.07 Å². The van der Waals surface area contributed by atoms with E-state index in [0.29, 0.717) is 0 Å². The van der Waals surface area contributed by atoms with Gasteiger partial charge in [-0.2, -0.15) is 0 Å². The minimum atomic E-state index is -0.932. The molecule has 0 aromatic rings. The van der Waals surface area contributed by atoms with Gasteiger partial charge in [-0.05, 0) is 25.9 Å². The summed E-state index contributed by atoms with van der Waals surface area (Å²) in [6, 6.07) is 2.78. The normalized spacial score (nSPS) is 17.5. The van der Waals surface area contributed by atoms with Crippen molar-refractivity contribution in [3.8, 4) is 0 Å². The molecule has 1 aliphatic heterocycles. The van der Waals surface area contributed by atoms with Crippen LogP contribution >= 0.6 is 0 Å². The molecular formula is C11H23NSi. The van der Waals surface area contributed by atoms with Gasteiger partial charge in [0.1, 0.15) is 0 Å². The lowest BCUT2D eigenvalue weighted by atomic mass is 10.4. The first-order chi connectivity index (χ1) is 5.99. The average molecular weight is 197 g/mol. The summed E-state index contributed by atoms with van der Waals surface area (Å²) >= 11 is 0. The predicted molar refractivity (Wildman–Crippen MR) is 63.0 cm³/mol. The molecule has 1 saturated heterocycles. The van der Waals surface area contributed by atoms with Gasteiger partial charge in [-0.15, -0.1) is 6.58 Å². The van der Waals surface area contributed by atoms with Gasteiger partial charge in [0, 0.05) is 13.1 Å². The zero-order valence-electron chi connectivity index (χ0n) is 9.40. The summed E-state index contributed by atoms with van der Waals surface area (Å²) in [6.45, 7) is 15.2. The van der Waals surface area contributed by atoms with Crippen molar-refractivity contribution in [3.05, 3.63) is 12.2 Å². The molecule has 13 heavy (non-hydrogen) atoms. The monoisotopic (exact) mass is 197 g/mol. The largest absolute Gasteiger partial charge is 0.301 e. The first-order valence-corrected chi connectivity index (χ1v) is 8.78. The highest BCUT2D eigenvalue weighted by atomic mass is 28.3. The van der Waals surface area contributed by atoms with Crippen LogP contribution in [0.4, 0.5) is 0 Å². The molecule has 0 spiro atoms. The molecule has 0 aromatic carbocycles. The van der Waals surface area contributed by atoms with E-state index in [1.54, 1.807) is 0 Å². The van der Waals surface area contributed by atoms with Crippen LogP contribution in [-0.2, 0) is 0 Å². The van der Waals surface area contributed by atoms with Crippen LogP contribution in [0.5, 0.6) is 0 Å². The number of allylic oxidation sites excluding steroid dienone is 1. The molecule has 1 aliphatic rings. The maximum absolute atomic E-state index is 4.02. The van der Waals surface area contributed by atoms with E-state index in [2.05, 4.69) is 31.5 Å². The first kappa shape index (κ1) is 11.0. The van der Waals surface area contributed by atoms with Gasteiger partial charge in [-0.25, -0.2) is 0 Å². The van der Waals surface area contributed by atoms with Crippen LogP contribution in [0.3, 0.4) is 0 Å². The summed E-state index contributed by atoms with van der Waals surface area (Å²) < 4.78 is 0. The summed E-state index contributed by atoms with van der Waals surface area (Å²) in [4.78, 5) is 2.52. The van der Waals surface area contributed by atoms with E-state index >= 15 is 0 Å². The van der Waals surface area contributed by atoms with Crippen molar-refractivity contribution in [1.82, 2.24) is 4.90 Å². The number of hydrogen-bond acceptors (Lipinski definition) is 1. The van der Waals surface area contributed by atoms with E-state index in [1.165, 1.54) is 43.7 Å². The second-order valence-electron chi connectivity index (χ2n) is 5.24. The molecule has 1 nitrogen and oxygen atoms in total. The van der Waals surface area contributed by atoms with E-state index in [1.807, 2.05) is 0 Å². The van der Waals surface area contributed by atoms with Crippen LogP contribution in [-0.4, -0.2) is 32.6 Å². The zero-order chi connectivity index (χ0) is 9.90. The van der Waals surface area contributed by atoms with Crippen molar-refractivity contribution in [2.24, 2.45) is 0 Å². The Balaban J connectivity index is 2.11. The molecule has 1 rings (SSSR count). The third-order valence-corrected chi connectivity index (χ3v) is 5.92. The second kappa shape index (κ2) is 4.42. The summed E-state index contributed by atoms with van der Waals surface area (Å²) in [6.07, 6.45) is 1.41. The Morgan fingerprint density at radius 3 is 2.46 bits per heavy atom. The lowest BCUT2D eigenvalue weighted by Crippen LogP contribution is -2.25. The lowest BCUT2D eigenvalue weighted by Gasteiger charge is -2.22. The van der Waals surface area contributed by atoms with Gasteiger partial charge in [-0.3, -0.25) is 0 Å². The topological polar surface area (TPSA) is 3.01 Å². The summed E-state index contributed by atoms with van der Waals surface area (Å²) in [5.41, 5.74) is 1.38. The van der Waals surface area contributed by atoms with Crippen molar-refractivity contribution in [3.63, 3.8) is 0 Å². The molecule has 76 valence electrons. The van der Waals surface area contributed by atoms with Gasteiger partial charge >= 0.3 is 0 Å². The highest BCUT2D eigenvalue weighted by Gasteiger charge is 2.22. The van der Waals surface area contributed by atoms with Crippen LogP contribution < -0.4 is 0 Å². The standard InChI is InChI=1S/C11H23NSi/c1-11(2)10-13(3,4)9-5-6-12-7-8-12/h1,5-10H2,2-4H3. The Morgan fingerprint density at radius 2 is 2.00 bits per heavy atom. The van der Waals surface area contributed by atoms with Crippen molar-refractivity contribution in [1.29, 1.82) is 0 Å². The Labute approximate surface area is 83.8 Å². The van der Waals surface area contributed by atoms with Crippen LogP contribution in [0.25, 0.3) is 0 Å². The third-order valence-electron chi connectivity index (χ3n) is 2.65. The Bertz CT molecular complexity index is 183. The zero-order valence-corrected chi connectivity index (χ0v) is 10.4. The Hall–Kier alpha value is -0.0831. The highest BCUT2D eigenvalue weighted by molar-refractivity contribution is 6.77. The third kappa shape index (κ3) is 5.27. The second-order valence-corrected chi connectivity index (χ2v) is 10.4. The lowest BCUT2D eigenvalue weighted by molar-refractivity contribution is 0.549. The van der Waals surface area contributed by atoms with Gasteiger partial charge in [-0.1, -0.05) is 24.7 Å². The van der Waals surface area contributed by atoms with E-state index in [-0.39, 0.29) is 0 Å². The number of nitrogens with zero attached hydrogens (tertiary/aromatic N) is 1. The molecule has 0 unspecified atom stereocenters. The molecule has 0 aromatic heterocycles. The van der Waals surface area contributed by atoms with E-state index < -0.39 is 8.07 Å². The van der Waals surface area contributed by atoms with Crippen LogP contribution in [0.2, 0.25) is 25.2 Å². The SMILES string of the molecule is C=C(C)C[Si](C)(C)CCCN1CC1. The van der Waals surface area contributed by atoms with E-state index in [4.69, 9.17) is 0 Å².